The third-order valence-corrected chi connectivity index (χ3v) is 7.69. The fourth-order valence-electron chi connectivity index (χ4n) is 3.85. The number of anilines is 1. The lowest BCUT2D eigenvalue weighted by Crippen LogP contribution is -2.54. The average molecular weight is 556 g/mol. The summed E-state index contributed by atoms with van der Waals surface area (Å²) in [5.74, 6) is -1.06. The van der Waals surface area contributed by atoms with Crippen LogP contribution >= 0.6 is 0 Å². The molecule has 3 rings (SSSR count). The van der Waals surface area contributed by atoms with Gasteiger partial charge in [0.1, 0.15) is 24.2 Å². The van der Waals surface area contributed by atoms with Crippen LogP contribution in [0.15, 0.2) is 83.8 Å². The van der Waals surface area contributed by atoms with Gasteiger partial charge in [-0.2, -0.15) is 0 Å². The summed E-state index contributed by atoms with van der Waals surface area (Å²) in [4.78, 5) is 28.2. The number of sulfonamides is 1. The van der Waals surface area contributed by atoms with Crippen molar-refractivity contribution in [2.24, 2.45) is 0 Å². The summed E-state index contributed by atoms with van der Waals surface area (Å²) in [6.07, 6.45) is 0. The van der Waals surface area contributed by atoms with Crippen LogP contribution in [0.1, 0.15) is 33.3 Å². The lowest BCUT2D eigenvalue weighted by molar-refractivity contribution is -0.140. The maximum absolute atomic E-state index is 13.8. The molecule has 1 atom stereocenters. The zero-order valence-corrected chi connectivity index (χ0v) is 23.5. The molecule has 8 nitrogen and oxygen atoms in total. The number of hydrogen-bond acceptors (Lipinski definition) is 5. The van der Waals surface area contributed by atoms with Crippen LogP contribution in [-0.2, 0) is 26.2 Å². The first-order valence-corrected chi connectivity index (χ1v) is 13.8. The van der Waals surface area contributed by atoms with Crippen LogP contribution in [0.4, 0.5) is 10.1 Å². The number of carbonyl (C=O) groups is 2. The largest absolute Gasteiger partial charge is 0.497 e. The predicted octanol–water partition coefficient (Wildman–Crippen LogP) is 4.36. The Morgan fingerprint density at radius 2 is 1.54 bits per heavy atom. The van der Waals surface area contributed by atoms with Gasteiger partial charge in [0.05, 0.1) is 17.7 Å². The molecule has 0 fully saturated rings. The van der Waals surface area contributed by atoms with Crippen LogP contribution in [0, 0.1) is 5.82 Å². The SMILES string of the molecule is COc1ccc(S(=O)(=O)N(CC(=O)N(Cc2ccccc2)C(C)C(=O)NC(C)(C)C)c2ccc(F)cc2)cc1. The molecule has 1 N–H and O–H groups in total. The molecule has 2 amide bonds. The van der Waals surface area contributed by atoms with Crippen LogP contribution in [-0.4, -0.2) is 50.4 Å². The van der Waals surface area contributed by atoms with Gasteiger partial charge in [-0.05, 0) is 81.8 Å². The summed E-state index contributed by atoms with van der Waals surface area (Å²) < 4.78 is 47.3. The van der Waals surface area contributed by atoms with Gasteiger partial charge in [0.2, 0.25) is 11.8 Å². The standard InChI is InChI=1S/C29H34FN3O5S/c1-21(28(35)31-29(2,3)4)32(19-22-9-7-6-8-10-22)27(34)20-33(24-13-11-23(30)12-14-24)39(36,37)26-17-15-25(38-5)16-18-26/h6-18,21H,19-20H2,1-5H3,(H,31,35). The molecule has 0 aromatic heterocycles. The van der Waals surface area contributed by atoms with E-state index in [1.807, 2.05) is 51.1 Å². The monoisotopic (exact) mass is 555 g/mol. The predicted molar refractivity (Wildman–Crippen MR) is 148 cm³/mol. The summed E-state index contributed by atoms with van der Waals surface area (Å²) in [6.45, 7) is 6.57. The second kappa shape index (κ2) is 12.3. The fourth-order valence-corrected chi connectivity index (χ4v) is 5.26. The Morgan fingerprint density at radius 3 is 2.08 bits per heavy atom. The molecule has 0 radical (unpaired) electrons. The highest BCUT2D eigenvalue weighted by Gasteiger charge is 2.33. The normalized spacial score (nSPS) is 12.4. The lowest BCUT2D eigenvalue weighted by atomic mass is 10.1. The first kappa shape index (κ1) is 29.6. The van der Waals surface area contributed by atoms with E-state index in [4.69, 9.17) is 4.74 Å². The molecule has 0 spiro atoms. The van der Waals surface area contributed by atoms with E-state index in [1.165, 1.54) is 48.4 Å². The molecule has 0 saturated heterocycles. The Morgan fingerprint density at radius 1 is 0.949 bits per heavy atom. The zero-order chi connectivity index (χ0) is 28.8. The van der Waals surface area contributed by atoms with Gasteiger partial charge in [0, 0.05) is 12.1 Å². The minimum atomic E-state index is -4.26. The quantitative estimate of drug-likeness (QED) is 0.401. The highest BCUT2D eigenvalue weighted by atomic mass is 32.2. The maximum Gasteiger partial charge on any atom is 0.264 e. The molecule has 0 saturated carbocycles. The van der Waals surface area contributed by atoms with Crippen molar-refractivity contribution in [2.45, 2.75) is 50.7 Å². The van der Waals surface area contributed by atoms with Gasteiger partial charge in [0.25, 0.3) is 10.0 Å². The van der Waals surface area contributed by atoms with Crippen LogP contribution in [0.5, 0.6) is 5.75 Å². The van der Waals surface area contributed by atoms with Gasteiger partial charge in [-0.3, -0.25) is 13.9 Å². The lowest BCUT2D eigenvalue weighted by Gasteiger charge is -2.33. The van der Waals surface area contributed by atoms with Crippen molar-refractivity contribution in [2.75, 3.05) is 18.0 Å². The molecule has 10 heteroatoms. The first-order valence-electron chi connectivity index (χ1n) is 12.4. The van der Waals surface area contributed by atoms with E-state index in [0.717, 1.165) is 22.0 Å². The third kappa shape index (κ3) is 7.79. The number of halogens is 1. The Balaban J connectivity index is 2.02. The summed E-state index contributed by atoms with van der Waals surface area (Å²) in [7, 11) is -2.80. The number of methoxy groups -OCH3 is 1. The van der Waals surface area contributed by atoms with Crippen molar-refractivity contribution in [1.29, 1.82) is 0 Å². The number of ether oxygens (including phenoxy) is 1. The molecular weight excluding hydrogens is 521 g/mol. The number of hydrogen-bond donors (Lipinski definition) is 1. The van der Waals surface area contributed by atoms with E-state index < -0.39 is 39.9 Å². The van der Waals surface area contributed by atoms with Crippen LogP contribution in [0.3, 0.4) is 0 Å². The number of benzene rings is 3. The van der Waals surface area contributed by atoms with Crippen molar-refractivity contribution in [3.8, 4) is 5.75 Å². The van der Waals surface area contributed by atoms with Crippen molar-refractivity contribution in [3.05, 3.63) is 90.2 Å². The summed E-state index contributed by atoms with van der Waals surface area (Å²) in [5, 5.41) is 2.88. The second-order valence-electron chi connectivity index (χ2n) is 10.1. The van der Waals surface area contributed by atoms with Crippen LogP contribution in [0.2, 0.25) is 0 Å². The van der Waals surface area contributed by atoms with Crippen molar-refractivity contribution in [3.63, 3.8) is 0 Å². The third-order valence-electron chi connectivity index (χ3n) is 5.90. The van der Waals surface area contributed by atoms with E-state index in [0.29, 0.717) is 5.75 Å². The molecule has 208 valence electrons. The van der Waals surface area contributed by atoms with Gasteiger partial charge in [-0.25, -0.2) is 12.8 Å². The highest BCUT2D eigenvalue weighted by molar-refractivity contribution is 7.92. The van der Waals surface area contributed by atoms with Crippen molar-refractivity contribution >= 4 is 27.5 Å². The highest BCUT2D eigenvalue weighted by Crippen LogP contribution is 2.26. The Kier molecular flexibility index (Phi) is 9.34. The molecule has 1 unspecified atom stereocenters. The first-order chi connectivity index (χ1) is 18.3. The number of nitrogens with one attached hydrogen (secondary N) is 1. The van der Waals surface area contributed by atoms with Gasteiger partial charge >= 0.3 is 0 Å². The molecule has 0 bridgehead atoms. The van der Waals surface area contributed by atoms with Gasteiger partial charge in [0.15, 0.2) is 0 Å². The Bertz CT molecular complexity index is 1370. The summed E-state index contributed by atoms with van der Waals surface area (Å²) >= 11 is 0. The molecule has 0 aliphatic carbocycles. The molecule has 0 heterocycles. The van der Waals surface area contributed by atoms with Crippen molar-refractivity contribution in [1.82, 2.24) is 10.2 Å². The molecule has 0 aliphatic rings. The van der Waals surface area contributed by atoms with Gasteiger partial charge in [-0.1, -0.05) is 30.3 Å². The maximum atomic E-state index is 13.8. The zero-order valence-electron chi connectivity index (χ0n) is 22.7. The minimum absolute atomic E-state index is 0.0754. The fraction of sp³-hybridized carbons (Fsp3) is 0.310. The topological polar surface area (TPSA) is 96.0 Å². The van der Waals surface area contributed by atoms with Crippen LogP contribution in [0.25, 0.3) is 0 Å². The Hall–Kier alpha value is -3.92. The molecule has 3 aromatic rings. The van der Waals surface area contributed by atoms with Gasteiger partial charge < -0.3 is 15.0 Å². The number of rotatable bonds is 10. The number of nitrogens with zero attached hydrogens (tertiary/aromatic N) is 2. The molecule has 3 aromatic carbocycles. The Labute approximate surface area is 229 Å². The van der Waals surface area contributed by atoms with Crippen molar-refractivity contribution < 1.29 is 27.1 Å². The summed E-state index contributed by atoms with van der Waals surface area (Å²) in [6, 6.07) is 18.8. The molecule has 0 aliphatic heterocycles. The molecule has 39 heavy (non-hydrogen) atoms. The minimum Gasteiger partial charge on any atom is -0.497 e. The molecular formula is C29H34FN3O5S. The van der Waals surface area contributed by atoms with E-state index in [-0.39, 0.29) is 23.0 Å². The van der Waals surface area contributed by atoms with E-state index >= 15 is 0 Å². The van der Waals surface area contributed by atoms with Crippen LogP contribution < -0.4 is 14.4 Å². The van der Waals surface area contributed by atoms with Gasteiger partial charge in [-0.15, -0.1) is 0 Å². The average Bonchev–Trinajstić information content (AvgIpc) is 2.90. The van der Waals surface area contributed by atoms with E-state index in [2.05, 4.69) is 5.32 Å². The van der Waals surface area contributed by atoms with E-state index in [1.54, 1.807) is 6.92 Å². The number of carbonyl (C=O) groups excluding carboxylic acids is 2. The number of amides is 2. The second-order valence-corrected chi connectivity index (χ2v) is 11.9. The summed E-state index contributed by atoms with van der Waals surface area (Å²) in [5.41, 5.74) is 0.338. The van der Waals surface area contributed by atoms with E-state index in [9.17, 15) is 22.4 Å². The smallest absolute Gasteiger partial charge is 0.264 e.